The van der Waals surface area contributed by atoms with Crippen LogP contribution in [0.1, 0.15) is 25.7 Å². The quantitative estimate of drug-likeness (QED) is 0.866. The highest BCUT2D eigenvalue weighted by molar-refractivity contribution is 9.10. The number of rotatable bonds is 2. The molecule has 1 N–H and O–H groups in total. The van der Waals surface area contributed by atoms with Gasteiger partial charge in [-0.05, 0) is 43.9 Å². The zero-order chi connectivity index (χ0) is 13.8. The van der Waals surface area contributed by atoms with Gasteiger partial charge in [0.1, 0.15) is 0 Å². The van der Waals surface area contributed by atoms with Crippen LogP contribution in [0.25, 0.3) is 0 Å². The van der Waals surface area contributed by atoms with Gasteiger partial charge in [0, 0.05) is 15.6 Å². The summed E-state index contributed by atoms with van der Waals surface area (Å²) in [7, 11) is 0. The molecule has 1 aliphatic carbocycles. The van der Waals surface area contributed by atoms with Gasteiger partial charge in [0.2, 0.25) is 0 Å². The lowest BCUT2D eigenvalue weighted by Gasteiger charge is -2.16. The number of hydrogen-bond donors (Lipinski definition) is 1. The summed E-state index contributed by atoms with van der Waals surface area (Å²) in [5.41, 5.74) is 1.75. The van der Waals surface area contributed by atoms with Crippen LogP contribution in [0.4, 0.5) is 5.69 Å². The second-order valence-electron chi connectivity index (χ2n) is 4.35. The van der Waals surface area contributed by atoms with Crippen molar-refractivity contribution in [3.63, 3.8) is 0 Å². The summed E-state index contributed by atoms with van der Waals surface area (Å²) in [5, 5.41) is 12.3. The second-order valence-corrected chi connectivity index (χ2v) is 5.68. The standard InChI is InChI=1S/C14H12BrClN2O/c15-10-5-6-13(12(16)7-10)18-14(19)11-4-2-1-3-9(11)8-17/h5-7H,1-4H2,(H,18,19). The average molecular weight is 340 g/mol. The largest absolute Gasteiger partial charge is 0.321 e. The van der Waals surface area contributed by atoms with Gasteiger partial charge in [0.25, 0.3) is 5.91 Å². The Balaban J connectivity index is 2.21. The highest BCUT2D eigenvalue weighted by Gasteiger charge is 2.19. The van der Waals surface area contributed by atoms with Gasteiger partial charge in [-0.15, -0.1) is 0 Å². The van der Waals surface area contributed by atoms with Crippen LogP contribution < -0.4 is 5.32 Å². The van der Waals surface area contributed by atoms with E-state index in [0.29, 0.717) is 34.7 Å². The topological polar surface area (TPSA) is 52.9 Å². The number of carbonyl (C=O) groups excluding carboxylic acids is 1. The molecule has 2 rings (SSSR count). The van der Waals surface area contributed by atoms with Gasteiger partial charge in [0.05, 0.1) is 16.8 Å². The maximum atomic E-state index is 12.2. The predicted molar refractivity (Wildman–Crippen MR) is 78.9 cm³/mol. The molecule has 1 aromatic rings. The summed E-state index contributed by atoms with van der Waals surface area (Å²) in [5.74, 6) is -0.222. The lowest BCUT2D eigenvalue weighted by molar-refractivity contribution is -0.113. The van der Waals surface area contributed by atoms with E-state index in [4.69, 9.17) is 16.9 Å². The van der Waals surface area contributed by atoms with E-state index >= 15 is 0 Å². The summed E-state index contributed by atoms with van der Waals surface area (Å²) in [6.07, 6.45) is 3.26. The van der Waals surface area contributed by atoms with Crippen LogP contribution in [0.3, 0.4) is 0 Å². The third-order valence-electron chi connectivity index (χ3n) is 3.06. The van der Waals surface area contributed by atoms with Crippen LogP contribution in [-0.2, 0) is 4.79 Å². The van der Waals surface area contributed by atoms with Crippen LogP contribution in [0.5, 0.6) is 0 Å². The van der Waals surface area contributed by atoms with Gasteiger partial charge in [-0.2, -0.15) is 5.26 Å². The van der Waals surface area contributed by atoms with Gasteiger partial charge in [-0.1, -0.05) is 27.5 Å². The van der Waals surface area contributed by atoms with E-state index in [1.165, 1.54) is 0 Å². The molecule has 0 fully saturated rings. The molecule has 5 heteroatoms. The predicted octanol–water partition coefficient (Wildman–Crippen LogP) is 4.44. The van der Waals surface area contributed by atoms with Crippen LogP contribution in [-0.4, -0.2) is 5.91 Å². The number of carbonyl (C=O) groups is 1. The Bertz CT molecular complexity index is 590. The highest BCUT2D eigenvalue weighted by Crippen LogP contribution is 2.28. The molecule has 0 unspecified atom stereocenters. The van der Waals surface area contributed by atoms with Crippen molar-refractivity contribution in [3.8, 4) is 6.07 Å². The number of hydrogen-bond acceptors (Lipinski definition) is 2. The molecule has 0 bridgehead atoms. The molecule has 1 aromatic carbocycles. The normalized spacial score (nSPS) is 15.0. The molecule has 19 heavy (non-hydrogen) atoms. The summed E-state index contributed by atoms with van der Waals surface area (Å²) in [4.78, 5) is 12.2. The number of nitrogens with zero attached hydrogens (tertiary/aromatic N) is 1. The molecule has 0 saturated carbocycles. The van der Waals surface area contributed by atoms with E-state index in [1.807, 2.05) is 6.07 Å². The maximum Gasteiger partial charge on any atom is 0.252 e. The van der Waals surface area contributed by atoms with E-state index in [9.17, 15) is 4.79 Å². The minimum absolute atomic E-state index is 0.222. The number of benzene rings is 1. The Morgan fingerprint density at radius 1 is 1.37 bits per heavy atom. The van der Waals surface area contributed by atoms with Gasteiger partial charge >= 0.3 is 0 Å². The van der Waals surface area contributed by atoms with Gasteiger partial charge in [0.15, 0.2) is 0 Å². The maximum absolute atomic E-state index is 12.2. The van der Waals surface area contributed by atoms with E-state index in [1.54, 1.807) is 12.1 Å². The third kappa shape index (κ3) is 3.37. The van der Waals surface area contributed by atoms with E-state index in [-0.39, 0.29) is 5.91 Å². The lowest BCUT2D eigenvalue weighted by atomic mass is 9.92. The third-order valence-corrected chi connectivity index (χ3v) is 3.86. The van der Waals surface area contributed by atoms with Crippen LogP contribution in [0.2, 0.25) is 5.02 Å². The van der Waals surface area contributed by atoms with Gasteiger partial charge in [-0.25, -0.2) is 0 Å². The number of nitriles is 1. The fraction of sp³-hybridized carbons (Fsp3) is 0.286. The molecule has 0 saturated heterocycles. The molecule has 98 valence electrons. The fourth-order valence-corrected chi connectivity index (χ4v) is 2.79. The molecule has 0 heterocycles. The number of anilines is 1. The number of nitrogens with one attached hydrogen (secondary N) is 1. The average Bonchev–Trinajstić information content (AvgIpc) is 2.41. The first-order valence-electron chi connectivity index (χ1n) is 6.00. The first-order chi connectivity index (χ1) is 9.11. The van der Waals surface area contributed by atoms with E-state index < -0.39 is 0 Å². The van der Waals surface area contributed by atoms with Gasteiger partial charge in [-0.3, -0.25) is 4.79 Å². The molecule has 0 atom stereocenters. The van der Waals surface area contributed by atoms with Crippen LogP contribution in [0.15, 0.2) is 33.8 Å². The molecule has 0 aromatic heterocycles. The van der Waals surface area contributed by atoms with Crippen molar-refractivity contribution in [3.05, 3.63) is 38.8 Å². The first kappa shape index (κ1) is 14.1. The van der Waals surface area contributed by atoms with E-state index in [2.05, 4.69) is 27.3 Å². The summed E-state index contributed by atoms with van der Waals surface area (Å²) >= 11 is 9.37. The summed E-state index contributed by atoms with van der Waals surface area (Å²) < 4.78 is 0.852. The Morgan fingerprint density at radius 2 is 2.11 bits per heavy atom. The summed E-state index contributed by atoms with van der Waals surface area (Å²) in [6, 6.07) is 7.39. The smallest absolute Gasteiger partial charge is 0.252 e. The number of amides is 1. The second kappa shape index (κ2) is 6.23. The SMILES string of the molecule is N#CC1=C(C(=O)Nc2ccc(Br)cc2Cl)CCCC1. The molecule has 1 aliphatic rings. The minimum Gasteiger partial charge on any atom is -0.321 e. The molecule has 3 nitrogen and oxygen atoms in total. The Labute approximate surface area is 125 Å². The zero-order valence-corrected chi connectivity index (χ0v) is 12.5. The fourth-order valence-electron chi connectivity index (χ4n) is 2.07. The van der Waals surface area contributed by atoms with Crippen molar-refractivity contribution in [1.29, 1.82) is 5.26 Å². The van der Waals surface area contributed by atoms with Crippen molar-refractivity contribution >= 4 is 39.1 Å². The van der Waals surface area contributed by atoms with Crippen LogP contribution in [0, 0.1) is 11.3 Å². The monoisotopic (exact) mass is 338 g/mol. The Morgan fingerprint density at radius 3 is 2.79 bits per heavy atom. The Hall–Kier alpha value is -1.31. The minimum atomic E-state index is -0.222. The van der Waals surface area contributed by atoms with E-state index in [0.717, 1.165) is 17.3 Å². The molecule has 0 spiro atoms. The molecule has 0 aliphatic heterocycles. The van der Waals surface area contributed by atoms with Crippen molar-refractivity contribution in [2.45, 2.75) is 25.7 Å². The van der Waals surface area contributed by atoms with Crippen molar-refractivity contribution in [2.24, 2.45) is 0 Å². The highest BCUT2D eigenvalue weighted by atomic mass is 79.9. The summed E-state index contributed by atoms with van der Waals surface area (Å²) in [6.45, 7) is 0. The number of halogens is 2. The zero-order valence-electron chi connectivity index (χ0n) is 10.2. The Kier molecular flexibility index (Phi) is 4.62. The first-order valence-corrected chi connectivity index (χ1v) is 7.17. The lowest BCUT2D eigenvalue weighted by Crippen LogP contribution is -2.18. The number of allylic oxidation sites excluding steroid dienone is 1. The van der Waals surface area contributed by atoms with Gasteiger partial charge < -0.3 is 5.32 Å². The molecule has 1 amide bonds. The molecule has 0 radical (unpaired) electrons. The van der Waals surface area contributed by atoms with Crippen LogP contribution >= 0.6 is 27.5 Å². The van der Waals surface area contributed by atoms with Crippen molar-refractivity contribution in [2.75, 3.05) is 5.32 Å². The molecular weight excluding hydrogens is 328 g/mol. The van der Waals surface area contributed by atoms with Crippen molar-refractivity contribution < 1.29 is 4.79 Å². The molecular formula is C14H12BrClN2O. The van der Waals surface area contributed by atoms with Crippen molar-refractivity contribution in [1.82, 2.24) is 0 Å².